The van der Waals surface area contributed by atoms with Crippen LogP contribution in [-0.2, 0) is 4.79 Å². The summed E-state index contributed by atoms with van der Waals surface area (Å²) in [5.41, 5.74) is 2.85. The van der Waals surface area contributed by atoms with Gasteiger partial charge in [-0.05, 0) is 78.9 Å². The molecule has 0 aromatic heterocycles. The van der Waals surface area contributed by atoms with Gasteiger partial charge in [0.1, 0.15) is 5.75 Å². The first kappa shape index (κ1) is 23.1. The monoisotopic (exact) mass is 474 g/mol. The quantitative estimate of drug-likeness (QED) is 0.303. The Labute approximate surface area is 201 Å². The number of hydrogen-bond donors (Lipinski definition) is 1. The summed E-state index contributed by atoms with van der Waals surface area (Å²) in [6.07, 6.45) is 1.71. The molecule has 3 aromatic carbocycles. The number of nitrogens with zero attached hydrogens (tertiary/aromatic N) is 1. The Morgan fingerprint density at radius 2 is 1.68 bits per heavy atom. The third kappa shape index (κ3) is 5.47. The summed E-state index contributed by atoms with van der Waals surface area (Å²) in [6.45, 7) is 1.94. The number of aliphatic imine (C=N–C) groups is 1. The molecule has 34 heavy (non-hydrogen) atoms. The molecule has 0 aliphatic carbocycles. The number of hydrogen-bond acceptors (Lipinski definition) is 7. The zero-order valence-electron chi connectivity index (χ0n) is 18.8. The maximum Gasteiger partial charge on any atom is 0.343 e. The second-order valence-corrected chi connectivity index (χ2v) is 8.38. The molecule has 1 aliphatic heterocycles. The van der Waals surface area contributed by atoms with Crippen LogP contribution in [0.3, 0.4) is 0 Å². The highest BCUT2D eigenvalue weighted by Gasteiger charge is 2.24. The molecule has 0 unspecified atom stereocenters. The maximum atomic E-state index is 12.6. The molecule has 0 bridgehead atoms. The lowest BCUT2D eigenvalue weighted by atomic mass is 10.1. The number of nitrogens with one attached hydrogen (secondary N) is 1. The second-order valence-electron chi connectivity index (χ2n) is 7.35. The Bertz CT molecular complexity index is 1280. The van der Waals surface area contributed by atoms with Crippen molar-refractivity contribution in [3.63, 3.8) is 0 Å². The number of rotatable bonds is 6. The summed E-state index contributed by atoms with van der Waals surface area (Å²) in [5.74, 6) is 0.646. The van der Waals surface area contributed by atoms with Crippen molar-refractivity contribution in [2.45, 2.75) is 6.92 Å². The standard InChI is InChI=1S/C26H22N2O5S/c1-16-4-7-18(8-5-16)25(30)33-22-14-17(6-13-21(22)32-3)15-23-24(29)28-26(34-23)27-19-9-11-20(31-2)12-10-19/h4-15H,1-3H3,(H,27,28,29). The van der Waals surface area contributed by atoms with Crippen LogP contribution in [0, 0.1) is 6.92 Å². The normalized spacial score (nSPS) is 15.3. The predicted octanol–water partition coefficient (Wildman–Crippen LogP) is 5.12. The second kappa shape index (κ2) is 10.3. The molecule has 172 valence electrons. The van der Waals surface area contributed by atoms with Gasteiger partial charge in [-0.1, -0.05) is 23.8 Å². The number of amidine groups is 1. The van der Waals surface area contributed by atoms with Crippen molar-refractivity contribution in [2.24, 2.45) is 4.99 Å². The van der Waals surface area contributed by atoms with E-state index in [1.807, 2.05) is 19.1 Å². The Kier molecular flexibility index (Phi) is 6.98. The third-order valence-electron chi connectivity index (χ3n) is 4.93. The average Bonchev–Trinajstić information content (AvgIpc) is 3.18. The highest BCUT2D eigenvalue weighted by atomic mass is 32.2. The van der Waals surface area contributed by atoms with Crippen molar-refractivity contribution >= 4 is 40.6 Å². The number of carbonyl (C=O) groups is 2. The Morgan fingerprint density at radius 1 is 0.941 bits per heavy atom. The molecule has 0 radical (unpaired) electrons. The van der Waals surface area contributed by atoms with Crippen LogP contribution < -0.4 is 19.5 Å². The Hall–Kier alpha value is -4.04. The fraction of sp³-hybridized carbons (Fsp3) is 0.115. The molecule has 1 aliphatic rings. The summed E-state index contributed by atoms with van der Waals surface area (Å²) in [6, 6.07) is 19.4. The lowest BCUT2D eigenvalue weighted by Crippen LogP contribution is -2.19. The molecule has 4 rings (SSSR count). The van der Waals surface area contributed by atoms with Gasteiger partial charge in [0.25, 0.3) is 5.91 Å². The molecule has 8 heteroatoms. The van der Waals surface area contributed by atoms with Gasteiger partial charge in [-0.25, -0.2) is 9.79 Å². The van der Waals surface area contributed by atoms with Crippen molar-refractivity contribution in [3.8, 4) is 17.2 Å². The van der Waals surface area contributed by atoms with Crippen LogP contribution in [0.1, 0.15) is 21.5 Å². The molecule has 1 heterocycles. The van der Waals surface area contributed by atoms with E-state index in [1.54, 1.807) is 67.8 Å². The topological polar surface area (TPSA) is 86.2 Å². The first-order valence-electron chi connectivity index (χ1n) is 10.4. The van der Waals surface area contributed by atoms with E-state index in [-0.39, 0.29) is 11.7 Å². The summed E-state index contributed by atoms with van der Waals surface area (Å²) >= 11 is 1.23. The Balaban J connectivity index is 1.54. The van der Waals surface area contributed by atoms with Crippen LogP contribution in [0.15, 0.2) is 76.6 Å². The molecule has 3 aromatic rings. The third-order valence-corrected chi connectivity index (χ3v) is 5.84. The Morgan fingerprint density at radius 3 is 2.35 bits per heavy atom. The summed E-state index contributed by atoms with van der Waals surface area (Å²) in [7, 11) is 3.10. The van der Waals surface area contributed by atoms with E-state index in [4.69, 9.17) is 14.2 Å². The lowest BCUT2D eigenvalue weighted by Gasteiger charge is -2.10. The summed E-state index contributed by atoms with van der Waals surface area (Å²) < 4.78 is 16.1. The highest BCUT2D eigenvalue weighted by molar-refractivity contribution is 8.18. The smallest absolute Gasteiger partial charge is 0.343 e. The number of ether oxygens (including phenoxy) is 3. The summed E-state index contributed by atoms with van der Waals surface area (Å²) in [4.78, 5) is 30.0. The number of esters is 1. The van der Waals surface area contributed by atoms with Crippen LogP contribution in [0.5, 0.6) is 17.2 Å². The first-order valence-corrected chi connectivity index (χ1v) is 11.2. The average molecular weight is 475 g/mol. The van der Waals surface area contributed by atoms with E-state index in [0.29, 0.717) is 32.6 Å². The fourth-order valence-electron chi connectivity index (χ4n) is 3.12. The van der Waals surface area contributed by atoms with Gasteiger partial charge in [-0.3, -0.25) is 4.79 Å². The van der Waals surface area contributed by atoms with Gasteiger partial charge in [0.15, 0.2) is 16.7 Å². The van der Waals surface area contributed by atoms with Gasteiger partial charge in [-0.2, -0.15) is 0 Å². The van der Waals surface area contributed by atoms with Crippen molar-refractivity contribution in [1.29, 1.82) is 0 Å². The van der Waals surface area contributed by atoms with Crippen molar-refractivity contribution < 1.29 is 23.8 Å². The number of amides is 1. The zero-order chi connectivity index (χ0) is 24.1. The molecule has 0 saturated carbocycles. The molecular weight excluding hydrogens is 452 g/mol. The highest BCUT2D eigenvalue weighted by Crippen LogP contribution is 2.33. The molecule has 1 fully saturated rings. The largest absolute Gasteiger partial charge is 0.497 e. The first-order chi connectivity index (χ1) is 16.4. The van der Waals surface area contributed by atoms with E-state index in [1.165, 1.54) is 18.9 Å². The maximum absolute atomic E-state index is 12.6. The van der Waals surface area contributed by atoms with Gasteiger partial charge < -0.3 is 19.5 Å². The lowest BCUT2D eigenvalue weighted by molar-refractivity contribution is -0.115. The molecule has 1 saturated heterocycles. The van der Waals surface area contributed by atoms with E-state index in [2.05, 4.69) is 10.3 Å². The van der Waals surface area contributed by atoms with Crippen molar-refractivity contribution in [3.05, 3.63) is 88.3 Å². The molecule has 0 spiro atoms. The van der Waals surface area contributed by atoms with Crippen LogP contribution in [0.25, 0.3) is 6.08 Å². The van der Waals surface area contributed by atoms with Gasteiger partial charge in [0, 0.05) is 0 Å². The van der Waals surface area contributed by atoms with Crippen LogP contribution in [0.2, 0.25) is 0 Å². The molecule has 1 N–H and O–H groups in total. The summed E-state index contributed by atoms with van der Waals surface area (Å²) in [5, 5.41) is 3.23. The SMILES string of the molecule is COc1ccc(N=C2NC(=O)C(=Cc3ccc(OC)c(OC(=O)c4ccc(C)cc4)c3)S2)cc1. The number of methoxy groups -OCH3 is 2. The number of thioether (sulfide) groups is 1. The van der Waals surface area contributed by atoms with Crippen molar-refractivity contribution in [2.75, 3.05) is 14.2 Å². The van der Waals surface area contributed by atoms with Crippen LogP contribution in [-0.4, -0.2) is 31.3 Å². The minimum atomic E-state index is -0.495. The van der Waals surface area contributed by atoms with E-state index in [9.17, 15) is 9.59 Å². The zero-order valence-corrected chi connectivity index (χ0v) is 19.6. The molecule has 1 amide bonds. The molecular formula is C26H22N2O5S. The van der Waals surface area contributed by atoms with Gasteiger partial charge >= 0.3 is 5.97 Å². The van der Waals surface area contributed by atoms with Gasteiger partial charge in [-0.15, -0.1) is 0 Å². The van der Waals surface area contributed by atoms with Crippen LogP contribution >= 0.6 is 11.8 Å². The minimum Gasteiger partial charge on any atom is -0.497 e. The van der Waals surface area contributed by atoms with Crippen LogP contribution in [0.4, 0.5) is 5.69 Å². The number of aryl methyl sites for hydroxylation is 1. The van der Waals surface area contributed by atoms with Gasteiger partial charge in [0.2, 0.25) is 0 Å². The predicted molar refractivity (Wildman–Crippen MR) is 133 cm³/mol. The number of benzene rings is 3. The van der Waals surface area contributed by atoms with E-state index in [0.717, 1.165) is 11.3 Å². The molecule has 7 nitrogen and oxygen atoms in total. The van der Waals surface area contributed by atoms with E-state index >= 15 is 0 Å². The van der Waals surface area contributed by atoms with Crippen molar-refractivity contribution in [1.82, 2.24) is 5.32 Å². The minimum absolute atomic E-state index is 0.258. The number of carbonyl (C=O) groups excluding carboxylic acids is 2. The van der Waals surface area contributed by atoms with E-state index < -0.39 is 5.97 Å². The fourth-order valence-corrected chi connectivity index (χ4v) is 3.96. The van der Waals surface area contributed by atoms with Gasteiger partial charge in [0.05, 0.1) is 30.4 Å². The molecule has 0 atom stereocenters.